The van der Waals surface area contributed by atoms with Crippen molar-refractivity contribution >= 4 is 5.91 Å². The summed E-state index contributed by atoms with van der Waals surface area (Å²) in [4.78, 5) is 11.7. The fraction of sp³-hybridized carbons (Fsp3) is 0.562. The number of carbonyl (C=O) groups excluding carboxylic acids is 1. The van der Waals surface area contributed by atoms with Gasteiger partial charge in [-0.2, -0.15) is 0 Å². The Morgan fingerprint density at radius 2 is 1.84 bits per heavy atom. The minimum atomic E-state index is 0.0776. The molecule has 0 aromatic heterocycles. The standard InChI is InChI=1S/C16H25NO2/c1-4-14-6-8-15(9-7-14)12-16(18)17-10-5-11-19-13(2)3/h6-9,13H,4-5,10-12H2,1-3H3,(H,17,18). The fourth-order valence-corrected chi connectivity index (χ4v) is 1.76. The Bertz CT molecular complexity index is 371. The zero-order chi connectivity index (χ0) is 14.1. The first-order chi connectivity index (χ1) is 9.11. The van der Waals surface area contributed by atoms with Gasteiger partial charge >= 0.3 is 0 Å². The number of benzene rings is 1. The predicted molar refractivity (Wildman–Crippen MR) is 78.2 cm³/mol. The van der Waals surface area contributed by atoms with Gasteiger partial charge in [-0.25, -0.2) is 0 Å². The summed E-state index contributed by atoms with van der Waals surface area (Å²) in [5, 5.41) is 2.91. The monoisotopic (exact) mass is 263 g/mol. The molecule has 0 aliphatic heterocycles. The van der Waals surface area contributed by atoms with E-state index in [-0.39, 0.29) is 12.0 Å². The van der Waals surface area contributed by atoms with E-state index in [1.807, 2.05) is 26.0 Å². The highest BCUT2D eigenvalue weighted by atomic mass is 16.5. The van der Waals surface area contributed by atoms with Crippen molar-refractivity contribution < 1.29 is 9.53 Å². The molecule has 0 saturated carbocycles. The van der Waals surface area contributed by atoms with Crippen LogP contribution in [0.15, 0.2) is 24.3 Å². The number of ether oxygens (including phenoxy) is 1. The molecule has 0 radical (unpaired) electrons. The molecular formula is C16H25NO2. The Morgan fingerprint density at radius 3 is 2.42 bits per heavy atom. The summed E-state index contributed by atoms with van der Waals surface area (Å²) in [6.45, 7) is 7.53. The smallest absolute Gasteiger partial charge is 0.224 e. The third-order valence-corrected chi connectivity index (χ3v) is 2.89. The number of carbonyl (C=O) groups is 1. The summed E-state index contributed by atoms with van der Waals surface area (Å²) in [6, 6.07) is 8.22. The van der Waals surface area contributed by atoms with Gasteiger partial charge in [0.1, 0.15) is 0 Å². The molecule has 0 bridgehead atoms. The first kappa shape index (κ1) is 15.7. The van der Waals surface area contributed by atoms with Crippen LogP contribution >= 0.6 is 0 Å². The molecule has 106 valence electrons. The molecule has 19 heavy (non-hydrogen) atoms. The third-order valence-electron chi connectivity index (χ3n) is 2.89. The van der Waals surface area contributed by atoms with Crippen molar-refractivity contribution in [3.8, 4) is 0 Å². The maximum Gasteiger partial charge on any atom is 0.224 e. The van der Waals surface area contributed by atoms with Crippen LogP contribution in [0.3, 0.4) is 0 Å². The topological polar surface area (TPSA) is 38.3 Å². The summed E-state index contributed by atoms with van der Waals surface area (Å²) in [5.41, 5.74) is 2.36. The zero-order valence-corrected chi connectivity index (χ0v) is 12.2. The Hall–Kier alpha value is -1.35. The van der Waals surface area contributed by atoms with Gasteiger partial charge in [0.15, 0.2) is 0 Å². The molecule has 1 aromatic rings. The van der Waals surface area contributed by atoms with Gasteiger partial charge in [0.2, 0.25) is 5.91 Å². The molecule has 0 heterocycles. The minimum Gasteiger partial charge on any atom is -0.379 e. The molecular weight excluding hydrogens is 238 g/mol. The van der Waals surface area contributed by atoms with E-state index in [1.54, 1.807) is 0 Å². The lowest BCUT2D eigenvalue weighted by Crippen LogP contribution is -2.27. The van der Waals surface area contributed by atoms with E-state index in [9.17, 15) is 4.79 Å². The van der Waals surface area contributed by atoms with Gasteiger partial charge in [0.05, 0.1) is 12.5 Å². The summed E-state index contributed by atoms with van der Waals surface area (Å²) < 4.78 is 5.42. The van der Waals surface area contributed by atoms with Crippen LogP contribution in [0.4, 0.5) is 0 Å². The van der Waals surface area contributed by atoms with Gasteiger partial charge < -0.3 is 10.1 Å². The van der Waals surface area contributed by atoms with Crippen molar-refractivity contribution in [2.75, 3.05) is 13.2 Å². The first-order valence-corrected chi connectivity index (χ1v) is 7.08. The van der Waals surface area contributed by atoms with Crippen LogP contribution in [0.5, 0.6) is 0 Å². The van der Waals surface area contributed by atoms with Crippen LogP contribution in [-0.4, -0.2) is 25.2 Å². The third kappa shape index (κ3) is 6.97. The highest BCUT2D eigenvalue weighted by molar-refractivity contribution is 5.78. The summed E-state index contributed by atoms with van der Waals surface area (Å²) in [7, 11) is 0. The molecule has 1 rings (SSSR count). The van der Waals surface area contributed by atoms with E-state index >= 15 is 0 Å². The molecule has 0 aliphatic carbocycles. The van der Waals surface area contributed by atoms with Crippen molar-refractivity contribution in [2.24, 2.45) is 0 Å². The zero-order valence-electron chi connectivity index (χ0n) is 12.2. The van der Waals surface area contributed by atoms with Crippen molar-refractivity contribution in [2.45, 2.75) is 46.1 Å². The second kappa shape index (κ2) is 8.70. The highest BCUT2D eigenvalue weighted by Crippen LogP contribution is 2.05. The van der Waals surface area contributed by atoms with Crippen molar-refractivity contribution in [3.05, 3.63) is 35.4 Å². The molecule has 0 fully saturated rings. The second-order valence-electron chi connectivity index (χ2n) is 4.97. The average Bonchev–Trinajstić information content (AvgIpc) is 2.39. The molecule has 3 nitrogen and oxygen atoms in total. The predicted octanol–water partition coefficient (Wildman–Crippen LogP) is 2.72. The summed E-state index contributed by atoms with van der Waals surface area (Å²) in [6.07, 6.45) is 2.60. The van der Waals surface area contributed by atoms with Crippen LogP contribution in [0.2, 0.25) is 0 Å². The number of nitrogens with one attached hydrogen (secondary N) is 1. The molecule has 1 N–H and O–H groups in total. The minimum absolute atomic E-state index is 0.0776. The van der Waals surface area contributed by atoms with Gasteiger partial charge in [0.25, 0.3) is 0 Å². The van der Waals surface area contributed by atoms with Crippen LogP contribution in [-0.2, 0) is 22.4 Å². The number of aryl methyl sites for hydroxylation is 1. The Morgan fingerprint density at radius 1 is 1.21 bits per heavy atom. The van der Waals surface area contributed by atoms with Gasteiger partial charge in [-0.1, -0.05) is 31.2 Å². The lowest BCUT2D eigenvalue weighted by atomic mass is 10.1. The number of hydrogen-bond donors (Lipinski definition) is 1. The Labute approximate surface area is 116 Å². The lowest BCUT2D eigenvalue weighted by molar-refractivity contribution is -0.120. The molecule has 0 saturated heterocycles. The van der Waals surface area contributed by atoms with Gasteiger partial charge in [-0.15, -0.1) is 0 Å². The van der Waals surface area contributed by atoms with E-state index < -0.39 is 0 Å². The fourth-order valence-electron chi connectivity index (χ4n) is 1.76. The normalized spacial score (nSPS) is 10.7. The highest BCUT2D eigenvalue weighted by Gasteiger charge is 2.02. The van der Waals surface area contributed by atoms with E-state index in [2.05, 4.69) is 24.4 Å². The SMILES string of the molecule is CCc1ccc(CC(=O)NCCCOC(C)C)cc1. The Balaban J connectivity index is 2.19. The van der Waals surface area contributed by atoms with E-state index in [4.69, 9.17) is 4.74 Å². The van der Waals surface area contributed by atoms with Crippen LogP contribution < -0.4 is 5.32 Å². The number of rotatable bonds is 8. The maximum atomic E-state index is 11.7. The quantitative estimate of drug-likeness (QED) is 0.732. The summed E-state index contributed by atoms with van der Waals surface area (Å²) in [5.74, 6) is 0.0776. The van der Waals surface area contributed by atoms with E-state index in [0.717, 1.165) is 18.4 Å². The van der Waals surface area contributed by atoms with Gasteiger partial charge in [-0.3, -0.25) is 4.79 Å². The largest absolute Gasteiger partial charge is 0.379 e. The maximum absolute atomic E-state index is 11.7. The average molecular weight is 263 g/mol. The lowest BCUT2D eigenvalue weighted by Gasteiger charge is -2.08. The van der Waals surface area contributed by atoms with Crippen LogP contribution in [0.25, 0.3) is 0 Å². The van der Waals surface area contributed by atoms with Gasteiger partial charge in [0, 0.05) is 13.2 Å². The molecule has 1 amide bonds. The van der Waals surface area contributed by atoms with E-state index in [1.165, 1.54) is 5.56 Å². The number of amides is 1. The molecule has 3 heteroatoms. The van der Waals surface area contributed by atoms with Crippen LogP contribution in [0, 0.1) is 0 Å². The molecule has 1 aromatic carbocycles. The molecule has 0 unspecified atom stereocenters. The first-order valence-electron chi connectivity index (χ1n) is 7.08. The van der Waals surface area contributed by atoms with Crippen molar-refractivity contribution in [3.63, 3.8) is 0 Å². The van der Waals surface area contributed by atoms with Crippen molar-refractivity contribution in [1.82, 2.24) is 5.32 Å². The molecule has 0 aliphatic rings. The Kier molecular flexibility index (Phi) is 7.19. The molecule has 0 spiro atoms. The number of hydrogen-bond acceptors (Lipinski definition) is 2. The molecule has 0 atom stereocenters. The summed E-state index contributed by atoms with van der Waals surface area (Å²) >= 11 is 0. The van der Waals surface area contributed by atoms with Crippen molar-refractivity contribution in [1.29, 1.82) is 0 Å². The van der Waals surface area contributed by atoms with Crippen LogP contribution in [0.1, 0.15) is 38.3 Å². The van der Waals surface area contributed by atoms with Gasteiger partial charge in [-0.05, 0) is 37.8 Å². The second-order valence-corrected chi connectivity index (χ2v) is 4.97. The van der Waals surface area contributed by atoms with E-state index in [0.29, 0.717) is 19.6 Å².